The molecule has 0 aromatic heterocycles. The van der Waals surface area contributed by atoms with E-state index in [0.29, 0.717) is 0 Å². The minimum Gasteiger partial charge on any atom is -0.497 e. The fourth-order valence-electron chi connectivity index (χ4n) is 1.31. The Kier molecular flexibility index (Phi) is 4.51. The molecule has 4 nitrogen and oxygen atoms in total. The first-order valence-corrected chi connectivity index (χ1v) is 4.93. The summed E-state index contributed by atoms with van der Waals surface area (Å²) in [6.07, 6.45) is 1.79. The maximum atomic E-state index is 8.24. The average molecular weight is 205 g/mol. The van der Waals surface area contributed by atoms with Gasteiger partial charge in [0.25, 0.3) is 0 Å². The normalized spacial score (nSPS) is 11.6. The molecule has 0 unspecified atom stereocenters. The molecule has 0 radical (unpaired) electrons. The third-order valence-electron chi connectivity index (χ3n) is 2.26. The molecule has 0 bridgehead atoms. The Balaban J connectivity index is 2.47. The monoisotopic (exact) mass is 205 g/mol. The Morgan fingerprint density at radius 3 is 2.60 bits per heavy atom. The van der Waals surface area contributed by atoms with Crippen molar-refractivity contribution in [3.8, 4) is 5.75 Å². The lowest BCUT2D eigenvalue weighted by Crippen LogP contribution is -1.98. The van der Waals surface area contributed by atoms with Crippen molar-refractivity contribution in [3.63, 3.8) is 0 Å². The van der Waals surface area contributed by atoms with Gasteiger partial charge in [0.2, 0.25) is 0 Å². The average Bonchev–Trinajstić information content (AvgIpc) is 2.27. The minimum atomic E-state index is 0.0529. The van der Waals surface area contributed by atoms with Gasteiger partial charge >= 0.3 is 0 Å². The van der Waals surface area contributed by atoms with Crippen LogP contribution >= 0.6 is 0 Å². The molecule has 0 N–H and O–H groups in total. The molecule has 0 fully saturated rings. The van der Waals surface area contributed by atoms with E-state index in [1.165, 1.54) is 5.56 Å². The van der Waals surface area contributed by atoms with E-state index in [2.05, 4.69) is 10.0 Å². The van der Waals surface area contributed by atoms with E-state index in [9.17, 15) is 0 Å². The molecule has 80 valence electrons. The molecule has 0 aliphatic rings. The van der Waals surface area contributed by atoms with Gasteiger partial charge in [-0.3, -0.25) is 0 Å². The van der Waals surface area contributed by atoms with E-state index in [1.807, 2.05) is 31.2 Å². The van der Waals surface area contributed by atoms with Gasteiger partial charge in [-0.05, 0) is 36.1 Å². The van der Waals surface area contributed by atoms with Gasteiger partial charge in [-0.25, -0.2) is 0 Å². The van der Waals surface area contributed by atoms with E-state index in [0.717, 1.165) is 18.6 Å². The van der Waals surface area contributed by atoms with Crippen LogP contribution in [0.5, 0.6) is 5.75 Å². The SMILES string of the molecule is COc1ccc(CC[C@H](C)N=[N+]=[N-])cc1. The third kappa shape index (κ3) is 3.92. The van der Waals surface area contributed by atoms with Crippen LogP contribution in [0.25, 0.3) is 10.4 Å². The van der Waals surface area contributed by atoms with Gasteiger partial charge in [-0.2, -0.15) is 0 Å². The maximum absolute atomic E-state index is 8.24. The summed E-state index contributed by atoms with van der Waals surface area (Å²) in [5.74, 6) is 0.863. The maximum Gasteiger partial charge on any atom is 0.118 e. The van der Waals surface area contributed by atoms with Crippen molar-refractivity contribution >= 4 is 0 Å². The fraction of sp³-hybridized carbons (Fsp3) is 0.455. The molecule has 1 aromatic rings. The van der Waals surface area contributed by atoms with Gasteiger partial charge in [-0.1, -0.05) is 24.2 Å². The Bertz CT molecular complexity index is 341. The lowest BCUT2D eigenvalue weighted by atomic mass is 10.1. The zero-order valence-electron chi connectivity index (χ0n) is 9.05. The lowest BCUT2D eigenvalue weighted by molar-refractivity contribution is 0.414. The van der Waals surface area contributed by atoms with Gasteiger partial charge in [0, 0.05) is 11.0 Å². The molecular formula is C11H15N3O. The van der Waals surface area contributed by atoms with Gasteiger partial charge in [0.05, 0.1) is 7.11 Å². The lowest BCUT2D eigenvalue weighted by Gasteiger charge is -2.05. The second-order valence-corrected chi connectivity index (χ2v) is 3.44. The molecule has 0 heterocycles. The highest BCUT2D eigenvalue weighted by Gasteiger charge is 2.00. The summed E-state index contributed by atoms with van der Waals surface area (Å²) in [5.41, 5.74) is 9.48. The van der Waals surface area contributed by atoms with Gasteiger partial charge in [0.1, 0.15) is 5.75 Å². The summed E-state index contributed by atoms with van der Waals surface area (Å²) < 4.78 is 5.07. The molecule has 0 aliphatic heterocycles. The molecule has 1 rings (SSSR count). The molecule has 0 saturated carbocycles. The first-order valence-electron chi connectivity index (χ1n) is 4.93. The smallest absolute Gasteiger partial charge is 0.118 e. The second-order valence-electron chi connectivity index (χ2n) is 3.44. The van der Waals surface area contributed by atoms with Crippen LogP contribution in [0.4, 0.5) is 0 Å². The Morgan fingerprint density at radius 2 is 2.07 bits per heavy atom. The summed E-state index contributed by atoms with van der Waals surface area (Å²) in [5, 5.41) is 3.63. The topological polar surface area (TPSA) is 58.0 Å². The molecule has 0 spiro atoms. The highest BCUT2D eigenvalue weighted by atomic mass is 16.5. The molecule has 0 saturated heterocycles. The van der Waals surface area contributed by atoms with Crippen LogP contribution < -0.4 is 4.74 Å². The van der Waals surface area contributed by atoms with E-state index in [-0.39, 0.29) is 6.04 Å². The highest BCUT2D eigenvalue weighted by Crippen LogP contribution is 2.13. The summed E-state index contributed by atoms with van der Waals surface area (Å²) in [6, 6.07) is 7.99. The van der Waals surface area contributed by atoms with Gasteiger partial charge in [-0.15, -0.1) is 0 Å². The van der Waals surface area contributed by atoms with E-state index >= 15 is 0 Å². The molecule has 0 aliphatic carbocycles. The van der Waals surface area contributed by atoms with Gasteiger partial charge < -0.3 is 4.74 Å². The number of benzene rings is 1. The largest absolute Gasteiger partial charge is 0.497 e. The van der Waals surface area contributed by atoms with Crippen molar-refractivity contribution in [1.82, 2.24) is 0 Å². The standard InChI is InChI=1S/C11H15N3O/c1-9(13-14-12)3-4-10-5-7-11(15-2)8-6-10/h5-9H,3-4H2,1-2H3/t9-/m0/s1. The van der Waals surface area contributed by atoms with Crippen LogP contribution in [0, 0.1) is 0 Å². The van der Waals surface area contributed by atoms with Crippen molar-refractivity contribution in [2.24, 2.45) is 5.11 Å². The molecule has 15 heavy (non-hydrogen) atoms. The van der Waals surface area contributed by atoms with Crippen LogP contribution in [0.15, 0.2) is 29.4 Å². The second kappa shape index (κ2) is 5.94. The summed E-state index contributed by atoms with van der Waals surface area (Å²) >= 11 is 0. The highest BCUT2D eigenvalue weighted by molar-refractivity contribution is 5.27. The number of hydrogen-bond acceptors (Lipinski definition) is 2. The first kappa shape index (κ1) is 11.4. The molecule has 1 aromatic carbocycles. The molecular weight excluding hydrogens is 190 g/mol. The number of nitrogens with zero attached hydrogens (tertiary/aromatic N) is 3. The number of aryl methyl sites for hydroxylation is 1. The van der Waals surface area contributed by atoms with E-state index in [4.69, 9.17) is 10.3 Å². The van der Waals surface area contributed by atoms with Crippen molar-refractivity contribution in [3.05, 3.63) is 40.3 Å². The summed E-state index contributed by atoms with van der Waals surface area (Å²) in [7, 11) is 1.65. The summed E-state index contributed by atoms with van der Waals surface area (Å²) in [4.78, 5) is 2.78. The molecule has 1 atom stereocenters. The van der Waals surface area contributed by atoms with Crippen LogP contribution in [0.3, 0.4) is 0 Å². The number of azide groups is 1. The van der Waals surface area contributed by atoms with Crippen molar-refractivity contribution < 1.29 is 4.74 Å². The van der Waals surface area contributed by atoms with Crippen LogP contribution in [-0.2, 0) is 6.42 Å². The van der Waals surface area contributed by atoms with E-state index in [1.54, 1.807) is 7.11 Å². The molecule has 0 amide bonds. The zero-order chi connectivity index (χ0) is 11.1. The van der Waals surface area contributed by atoms with Crippen molar-refractivity contribution in [2.75, 3.05) is 7.11 Å². The van der Waals surface area contributed by atoms with Crippen LogP contribution in [-0.4, -0.2) is 13.2 Å². The van der Waals surface area contributed by atoms with Crippen molar-refractivity contribution in [2.45, 2.75) is 25.8 Å². The quantitative estimate of drug-likeness (QED) is 0.413. The number of ether oxygens (including phenoxy) is 1. The van der Waals surface area contributed by atoms with Gasteiger partial charge in [0.15, 0.2) is 0 Å². The van der Waals surface area contributed by atoms with E-state index < -0.39 is 0 Å². The van der Waals surface area contributed by atoms with Crippen molar-refractivity contribution in [1.29, 1.82) is 0 Å². The Hall–Kier alpha value is -1.67. The summed E-state index contributed by atoms with van der Waals surface area (Å²) in [6.45, 7) is 1.92. The number of methoxy groups -OCH3 is 1. The zero-order valence-corrected chi connectivity index (χ0v) is 9.05. The predicted octanol–water partition coefficient (Wildman–Crippen LogP) is 3.33. The first-order chi connectivity index (χ1) is 7.26. The van der Waals surface area contributed by atoms with Crippen LogP contribution in [0.1, 0.15) is 18.9 Å². The fourth-order valence-corrected chi connectivity index (χ4v) is 1.31. The predicted molar refractivity (Wildman–Crippen MR) is 59.9 cm³/mol. The number of rotatable bonds is 5. The Labute approximate surface area is 89.5 Å². The third-order valence-corrected chi connectivity index (χ3v) is 2.26. The molecule has 4 heteroatoms. The Morgan fingerprint density at radius 1 is 1.40 bits per heavy atom. The minimum absolute atomic E-state index is 0.0529. The van der Waals surface area contributed by atoms with Crippen LogP contribution in [0.2, 0.25) is 0 Å². The number of hydrogen-bond donors (Lipinski definition) is 0.